The number of para-hydroxylation sites is 1. The number of hydrogen-bond donors (Lipinski definition) is 2. The highest BCUT2D eigenvalue weighted by atomic mass is 35.5. The molecule has 128 valence electrons. The number of amides is 2. The van der Waals surface area contributed by atoms with Gasteiger partial charge in [0.05, 0.1) is 11.6 Å². The van der Waals surface area contributed by atoms with Crippen LogP contribution in [0.3, 0.4) is 0 Å². The van der Waals surface area contributed by atoms with Gasteiger partial charge < -0.3 is 15.4 Å². The lowest BCUT2D eigenvalue weighted by atomic mass is 10.1. The molecule has 0 saturated heterocycles. The Kier molecular flexibility index (Phi) is 7.43. The van der Waals surface area contributed by atoms with Gasteiger partial charge >= 0.3 is 6.03 Å². The van der Waals surface area contributed by atoms with E-state index in [0.29, 0.717) is 30.5 Å². The van der Waals surface area contributed by atoms with Gasteiger partial charge in [-0.3, -0.25) is 0 Å². The molecule has 0 aliphatic carbocycles. The Morgan fingerprint density at radius 2 is 1.88 bits per heavy atom. The Morgan fingerprint density at radius 1 is 1.08 bits per heavy atom. The van der Waals surface area contributed by atoms with E-state index in [1.165, 1.54) is 11.1 Å². The molecule has 2 aromatic carbocycles. The van der Waals surface area contributed by atoms with Crippen molar-refractivity contribution in [3.63, 3.8) is 0 Å². The number of nitrogens with one attached hydrogen (secondary N) is 2. The Morgan fingerprint density at radius 3 is 2.67 bits per heavy atom. The van der Waals surface area contributed by atoms with Crippen LogP contribution >= 0.6 is 11.6 Å². The third kappa shape index (κ3) is 6.50. The number of ether oxygens (including phenoxy) is 1. The SMILES string of the molecule is Cc1cccc(CCNC(=O)NCCCOc2ccccc2Cl)c1. The predicted molar refractivity (Wildman–Crippen MR) is 97.8 cm³/mol. The number of halogens is 1. The van der Waals surface area contributed by atoms with Crippen molar-refractivity contribution < 1.29 is 9.53 Å². The molecule has 24 heavy (non-hydrogen) atoms. The minimum atomic E-state index is -0.152. The Bertz CT molecular complexity index is 661. The number of carbonyl (C=O) groups excluding carboxylic acids is 1. The molecule has 0 aliphatic rings. The molecule has 2 aromatic rings. The fourth-order valence-corrected chi connectivity index (χ4v) is 2.46. The van der Waals surface area contributed by atoms with Crippen LogP contribution in [0.4, 0.5) is 4.79 Å². The first kappa shape index (κ1) is 18.1. The topological polar surface area (TPSA) is 50.4 Å². The molecule has 2 amide bonds. The van der Waals surface area contributed by atoms with Crippen molar-refractivity contribution in [3.05, 3.63) is 64.7 Å². The maximum Gasteiger partial charge on any atom is 0.314 e. The van der Waals surface area contributed by atoms with E-state index >= 15 is 0 Å². The zero-order valence-corrected chi connectivity index (χ0v) is 14.6. The second kappa shape index (κ2) is 9.83. The number of carbonyl (C=O) groups is 1. The van der Waals surface area contributed by atoms with Crippen molar-refractivity contribution in [2.45, 2.75) is 19.8 Å². The largest absolute Gasteiger partial charge is 0.492 e. The summed E-state index contributed by atoms with van der Waals surface area (Å²) in [4.78, 5) is 11.7. The van der Waals surface area contributed by atoms with Gasteiger partial charge in [-0.15, -0.1) is 0 Å². The summed E-state index contributed by atoms with van der Waals surface area (Å²) in [6.45, 7) is 3.74. The quantitative estimate of drug-likeness (QED) is 0.711. The summed E-state index contributed by atoms with van der Waals surface area (Å²) in [7, 11) is 0. The van der Waals surface area contributed by atoms with E-state index in [0.717, 1.165) is 12.8 Å². The molecule has 0 fully saturated rings. The van der Waals surface area contributed by atoms with E-state index in [9.17, 15) is 4.79 Å². The maximum atomic E-state index is 11.7. The Balaban J connectivity index is 1.54. The highest BCUT2D eigenvalue weighted by Gasteiger charge is 2.01. The zero-order valence-electron chi connectivity index (χ0n) is 13.8. The van der Waals surface area contributed by atoms with Crippen LogP contribution in [0.1, 0.15) is 17.5 Å². The van der Waals surface area contributed by atoms with Crippen LogP contribution < -0.4 is 15.4 Å². The van der Waals surface area contributed by atoms with E-state index in [1.54, 1.807) is 6.07 Å². The first-order valence-electron chi connectivity index (χ1n) is 8.10. The summed E-state index contributed by atoms with van der Waals surface area (Å²) in [5.74, 6) is 0.668. The average molecular weight is 347 g/mol. The molecule has 0 radical (unpaired) electrons. The highest BCUT2D eigenvalue weighted by molar-refractivity contribution is 6.32. The summed E-state index contributed by atoms with van der Waals surface area (Å²) in [6.07, 6.45) is 1.54. The van der Waals surface area contributed by atoms with Gasteiger partial charge in [-0.05, 0) is 37.5 Å². The van der Waals surface area contributed by atoms with Crippen LogP contribution in [-0.4, -0.2) is 25.7 Å². The Labute approximate surface area is 148 Å². The smallest absolute Gasteiger partial charge is 0.314 e. The van der Waals surface area contributed by atoms with Gasteiger partial charge in [-0.1, -0.05) is 53.6 Å². The third-order valence-corrected chi connectivity index (χ3v) is 3.79. The van der Waals surface area contributed by atoms with Crippen LogP contribution in [0, 0.1) is 6.92 Å². The van der Waals surface area contributed by atoms with Crippen molar-refractivity contribution in [2.24, 2.45) is 0 Å². The summed E-state index contributed by atoms with van der Waals surface area (Å²) in [5, 5.41) is 6.27. The highest BCUT2D eigenvalue weighted by Crippen LogP contribution is 2.22. The molecule has 0 saturated carbocycles. The number of aryl methyl sites for hydroxylation is 1. The third-order valence-electron chi connectivity index (χ3n) is 3.48. The standard InChI is InChI=1S/C19H23ClN2O2/c1-15-6-4-7-16(14-15)10-12-22-19(23)21-11-5-13-24-18-9-3-2-8-17(18)20/h2-4,6-9,14H,5,10-13H2,1H3,(H2,21,22,23). The van der Waals surface area contributed by atoms with Crippen molar-refractivity contribution in [1.29, 1.82) is 0 Å². The number of benzene rings is 2. The first-order valence-corrected chi connectivity index (χ1v) is 8.47. The van der Waals surface area contributed by atoms with Crippen LogP contribution in [-0.2, 0) is 6.42 Å². The van der Waals surface area contributed by atoms with Gasteiger partial charge in [0, 0.05) is 13.1 Å². The normalized spacial score (nSPS) is 10.2. The molecular formula is C19H23ClN2O2. The molecule has 0 aromatic heterocycles. The first-order chi connectivity index (χ1) is 11.6. The molecule has 0 bridgehead atoms. The fourth-order valence-electron chi connectivity index (χ4n) is 2.27. The minimum absolute atomic E-state index is 0.152. The molecule has 0 heterocycles. The zero-order chi connectivity index (χ0) is 17.2. The number of rotatable bonds is 8. The van der Waals surface area contributed by atoms with Gasteiger partial charge in [0.15, 0.2) is 0 Å². The number of urea groups is 1. The van der Waals surface area contributed by atoms with Gasteiger partial charge in [0.25, 0.3) is 0 Å². The summed E-state index contributed by atoms with van der Waals surface area (Å²) in [6, 6.07) is 15.5. The second-order valence-corrected chi connectivity index (χ2v) is 5.96. The molecule has 2 rings (SSSR count). The molecule has 0 unspecified atom stereocenters. The van der Waals surface area contributed by atoms with Gasteiger partial charge in [-0.2, -0.15) is 0 Å². The van der Waals surface area contributed by atoms with Gasteiger partial charge in [0.2, 0.25) is 0 Å². The summed E-state index contributed by atoms with van der Waals surface area (Å²) in [5.41, 5.74) is 2.46. The molecular weight excluding hydrogens is 324 g/mol. The molecule has 0 spiro atoms. The minimum Gasteiger partial charge on any atom is -0.492 e. The average Bonchev–Trinajstić information content (AvgIpc) is 2.56. The lowest BCUT2D eigenvalue weighted by Crippen LogP contribution is -2.37. The molecule has 5 heteroatoms. The molecule has 2 N–H and O–H groups in total. The molecule has 0 atom stereocenters. The second-order valence-electron chi connectivity index (χ2n) is 5.55. The van der Waals surface area contributed by atoms with E-state index in [-0.39, 0.29) is 6.03 Å². The monoisotopic (exact) mass is 346 g/mol. The van der Waals surface area contributed by atoms with E-state index < -0.39 is 0 Å². The lowest BCUT2D eigenvalue weighted by Gasteiger charge is -2.09. The number of hydrogen-bond acceptors (Lipinski definition) is 2. The van der Waals surface area contributed by atoms with Crippen molar-refractivity contribution >= 4 is 17.6 Å². The van der Waals surface area contributed by atoms with Crippen LogP contribution in [0.15, 0.2) is 48.5 Å². The van der Waals surface area contributed by atoms with Crippen LogP contribution in [0.25, 0.3) is 0 Å². The van der Waals surface area contributed by atoms with E-state index in [4.69, 9.17) is 16.3 Å². The van der Waals surface area contributed by atoms with Crippen molar-refractivity contribution in [2.75, 3.05) is 19.7 Å². The Hall–Kier alpha value is -2.20. The predicted octanol–water partition coefficient (Wildman–Crippen LogP) is 3.96. The van der Waals surface area contributed by atoms with Crippen molar-refractivity contribution in [3.8, 4) is 5.75 Å². The van der Waals surface area contributed by atoms with Crippen LogP contribution in [0.5, 0.6) is 5.75 Å². The van der Waals surface area contributed by atoms with Gasteiger partial charge in [-0.25, -0.2) is 4.79 Å². The fraction of sp³-hybridized carbons (Fsp3) is 0.316. The van der Waals surface area contributed by atoms with Crippen molar-refractivity contribution in [1.82, 2.24) is 10.6 Å². The molecule has 4 nitrogen and oxygen atoms in total. The maximum absolute atomic E-state index is 11.7. The van der Waals surface area contributed by atoms with E-state index in [2.05, 4.69) is 35.8 Å². The summed E-state index contributed by atoms with van der Waals surface area (Å²) >= 11 is 6.00. The lowest BCUT2D eigenvalue weighted by molar-refractivity contribution is 0.239. The molecule has 0 aliphatic heterocycles. The van der Waals surface area contributed by atoms with E-state index in [1.807, 2.05) is 24.3 Å². The summed E-state index contributed by atoms with van der Waals surface area (Å²) < 4.78 is 5.57. The van der Waals surface area contributed by atoms with Gasteiger partial charge in [0.1, 0.15) is 5.75 Å². The van der Waals surface area contributed by atoms with Crippen LogP contribution in [0.2, 0.25) is 5.02 Å².